The zero-order chi connectivity index (χ0) is 14.8. The number of nitrogens with two attached hydrogens (primary N) is 1. The molecule has 0 bridgehead atoms. The Balaban J connectivity index is 1.81. The molecular formula is C16H22ClN3O. The van der Waals surface area contributed by atoms with Gasteiger partial charge in [0.15, 0.2) is 0 Å². The van der Waals surface area contributed by atoms with Crippen LogP contribution in [0.25, 0.3) is 0 Å². The van der Waals surface area contributed by atoms with Crippen LogP contribution in [0.15, 0.2) is 24.3 Å². The van der Waals surface area contributed by atoms with Gasteiger partial charge in [0.1, 0.15) is 0 Å². The topological polar surface area (TPSA) is 58.4 Å². The Labute approximate surface area is 130 Å². The van der Waals surface area contributed by atoms with Crippen LogP contribution in [-0.4, -0.2) is 36.5 Å². The highest BCUT2D eigenvalue weighted by Crippen LogP contribution is 2.33. The van der Waals surface area contributed by atoms with Crippen molar-refractivity contribution in [1.82, 2.24) is 10.2 Å². The van der Waals surface area contributed by atoms with Crippen LogP contribution in [0.5, 0.6) is 0 Å². The van der Waals surface area contributed by atoms with Crippen molar-refractivity contribution in [3.05, 3.63) is 34.9 Å². The minimum Gasteiger partial charge on any atom is -0.333 e. The van der Waals surface area contributed by atoms with Gasteiger partial charge in [0.05, 0.1) is 6.04 Å². The monoisotopic (exact) mass is 307 g/mol. The predicted molar refractivity (Wildman–Crippen MR) is 84.1 cm³/mol. The molecule has 2 aliphatic rings. The predicted octanol–water partition coefficient (Wildman–Crippen LogP) is 1.94. The molecule has 0 spiro atoms. The van der Waals surface area contributed by atoms with Crippen molar-refractivity contribution in [2.24, 2.45) is 11.7 Å². The largest absolute Gasteiger partial charge is 0.333 e. The number of rotatable bonds is 2. The summed E-state index contributed by atoms with van der Waals surface area (Å²) in [6.45, 7) is 2.33. The first-order chi connectivity index (χ1) is 10.2. The van der Waals surface area contributed by atoms with E-state index >= 15 is 0 Å². The van der Waals surface area contributed by atoms with Crippen LogP contribution in [-0.2, 0) is 4.79 Å². The van der Waals surface area contributed by atoms with E-state index in [0.717, 1.165) is 49.5 Å². The Morgan fingerprint density at radius 3 is 2.86 bits per heavy atom. The fourth-order valence-corrected chi connectivity index (χ4v) is 3.73. The quantitative estimate of drug-likeness (QED) is 0.878. The van der Waals surface area contributed by atoms with E-state index in [1.54, 1.807) is 0 Å². The molecule has 3 N–H and O–H groups in total. The molecule has 4 nitrogen and oxygen atoms in total. The van der Waals surface area contributed by atoms with Crippen LogP contribution >= 0.6 is 11.6 Å². The number of hydrogen-bond acceptors (Lipinski definition) is 3. The number of piperazine rings is 1. The third-order valence-electron chi connectivity index (χ3n) is 4.61. The van der Waals surface area contributed by atoms with E-state index in [1.807, 2.05) is 29.2 Å². The first-order valence-corrected chi connectivity index (χ1v) is 8.06. The number of benzene rings is 1. The van der Waals surface area contributed by atoms with E-state index in [2.05, 4.69) is 5.32 Å². The maximum absolute atomic E-state index is 12.8. The molecule has 3 rings (SSSR count). The van der Waals surface area contributed by atoms with Gasteiger partial charge in [-0.2, -0.15) is 0 Å². The SMILES string of the molecule is NC1CCC(C(=O)N2CCNCC2c2ccccc2Cl)C1. The van der Waals surface area contributed by atoms with Gasteiger partial charge in [0, 0.05) is 36.6 Å². The number of halogens is 1. The highest BCUT2D eigenvalue weighted by atomic mass is 35.5. The Kier molecular flexibility index (Phi) is 4.48. The van der Waals surface area contributed by atoms with Crippen molar-refractivity contribution >= 4 is 17.5 Å². The van der Waals surface area contributed by atoms with Crippen molar-refractivity contribution in [2.45, 2.75) is 31.3 Å². The number of hydrogen-bond donors (Lipinski definition) is 2. The van der Waals surface area contributed by atoms with Crippen molar-refractivity contribution in [3.8, 4) is 0 Å². The Morgan fingerprint density at radius 1 is 1.33 bits per heavy atom. The molecule has 1 saturated carbocycles. The molecule has 1 amide bonds. The Bertz CT molecular complexity index is 522. The number of nitrogens with one attached hydrogen (secondary N) is 1. The average Bonchev–Trinajstić information content (AvgIpc) is 2.94. The first kappa shape index (κ1) is 14.8. The maximum Gasteiger partial charge on any atom is 0.226 e. The summed E-state index contributed by atoms with van der Waals surface area (Å²) < 4.78 is 0. The minimum atomic E-state index is 0.0248. The second-order valence-electron chi connectivity index (χ2n) is 6.04. The van der Waals surface area contributed by atoms with Gasteiger partial charge >= 0.3 is 0 Å². The molecule has 1 aliphatic heterocycles. The van der Waals surface area contributed by atoms with Crippen molar-refractivity contribution in [1.29, 1.82) is 0 Å². The van der Waals surface area contributed by atoms with Crippen LogP contribution in [0.4, 0.5) is 0 Å². The number of nitrogens with zero attached hydrogens (tertiary/aromatic N) is 1. The number of carbonyl (C=O) groups is 1. The summed E-state index contributed by atoms with van der Waals surface area (Å²) in [7, 11) is 0. The van der Waals surface area contributed by atoms with Gasteiger partial charge in [-0.3, -0.25) is 4.79 Å². The number of amides is 1. The van der Waals surface area contributed by atoms with Crippen molar-refractivity contribution in [2.75, 3.05) is 19.6 Å². The molecule has 2 fully saturated rings. The summed E-state index contributed by atoms with van der Waals surface area (Å²) in [5.74, 6) is 0.331. The van der Waals surface area contributed by atoms with Gasteiger partial charge in [-0.1, -0.05) is 29.8 Å². The molecule has 5 heteroatoms. The summed E-state index contributed by atoms with van der Waals surface area (Å²) in [5.41, 5.74) is 6.99. The zero-order valence-corrected chi connectivity index (χ0v) is 12.9. The van der Waals surface area contributed by atoms with Gasteiger partial charge in [-0.05, 0) is 30.9 Å². The third-order valence-corrected chi connectivity index (χ3v) is 4.96. The second-order valence-corrected chi connectivity index (χ2v) is 6.45. The van der Waals surface area contributed by atoms with E-state index < -0.39 is 0 Å². The summed E-state index contributed by atoms with van der Waals surface area (Å²) in [6, 6.07) is 8.01. The van der Waals surface area contributed by atoms with Gasteiger partial charge < -0.3 is 16.0 Å². The zero-order valence-electron chi connectivity index (χ0n) is 12.1. The normalized spacial score (nSPS) is 29.6. The number of carbonyl (C=O) groups excluding carboxylic acids is 1. The summed E-state index contributed by atoms with van der Waals surface area (Å²) in [4.78, 5) is 14.8. The summed E-state index contributed by atoms with van der Waals surface area (Å²) >= 11 is 6.32. The smallest absolute Gasteiger partial charge is 0.226 e. The van der Waals surface area contributed by atoms with Crippen LogP contribution in [0, 0.1) is 5.92 Å². The van der Waals surface area contributed by atoms with Gasteiger partial charge in [-0.25, -0.2) is 0 Å². The van der Waals surface area contributed by atoms with Gasteiger partial charge in [0.2, 0.25) is 5.91 Å². The van der Waals surface area contributed by atoms with Crippen LogP contribution in [0.3, 0.4) is 0 Å². The van der Waals surface area contributed by atoms with Gasteiger partial charge in [-0.15, -0.1) is 0 Å². The molecule has 1 aromatic rings. The molecule has 1 aliphatic carbocycles. The third kappa shape index (κ3) is 3.07. The summed E-state index contributed by atoms with van der Waals surface area (Å²) in [6.07, 6.45) is 2.69. The highest BCUT2D eigenvalue weighted by Gasteiger charge is 2.36. The lowest BCUT2D eigenvalue weighted by Gasteiger charge is -2.38. The van der Waals surface area contributed by atoms with E-state index in [1.165, 1.54) is 0 Å². The average molecular weight is 308 g/mol. The van der Waals surface area contributed by atoms with Crippen LogP contribution < -0.4 is 11.1 Å². The second kappa shape index (κ2) is 6.34. The first-order valence-electron chi connectivity index (χ1n) is 7.68. The fraction of sp³-hybridized carbons (Fsp3) is 0.562. The lowest BCUT2D eigenvalue weighted by Crippen LogP contribution is -2.50. The molecule has 0 radical (unpaired) electrons. The molecule has 3 unspecified atom stereocenters. The minimum absolute atomic E-state index is 0.0248. The van der Waals surface area contributed by atoms with Crippen molar-refractivity contribution in [3.63, 3.8) is 0 Å². The Hall–Kier alpha value is -1.10. The standard InChI is InChI=1S/C16H22ClN3O/c17-14-4-2-1-3-13(14)15-10-19-7-8-20(15)16(21)11-5-6-12(18)9-11/h1-4,11-12,15,19H,5-10,18H2. The molecule has 1 heterocycles. The molecule has 21 heavy (non-hydrogen) atoms. The van der Waals surface area contributed by atoms with E-state index in [-0.39, 0.29) is 23.9 Å². The van der Waals surface area contributed by atoms with Crippen LogP contribution in [0.1, 0.15) is 30.9 Å². The van der Waals surface area contributed by atoms with Crippen molar-refractivity contribution < 1.29 is 4.79 Å². The lowest BCUT2D eigenvalue weighted by molar-refractivity contribution is -0.138. The maximum atomic E-state index is 12.8. The fourth-order valence-electron chi connectivity index (χ4n) is 3.47. The molecule has 1 saturated heterocycles. The molecule has 0 aromatic heterocycles. The molecular weight excluding hydrogens is 286 g/mol. The molecule has 1 aromatic carbocycles. The van der Waals surface area contributed by atoms with E-state index in [4.69, 9.17) is 17.3 Å². The Morgan fingerprint density at radius 2 is 2.14 bits per heavy atom. The van der Waals surface area contributed by atoms with E-state index in [0.29, 0.717) is 0 Å². The van der Waals surface area contributed by atoms with Gasteiger partial charge in [0.25, 0.3) is 0 Å². The highest BCUT2D eigenvalue weighted by molar-refractivity contribution is 6.31. The van der Waals surface area contributed by atoms with Crippen LogP contribution in [0.2, 0.25) is 5.02 Å². The lowest BCUT2D eigenvalue weighted by atomic mass is 9.99. The van der Waals surface area contributed by atoms with E-state index in [9.17, 15) is 4.79 Å². The molecule has 114 valence electrons. The summed E-state index contributed by atoms with van der Waals surface area (Å²) in [5, 5.41) is 4.10. The molecule has 3 atom stereocenters.